The Labute approximate surface area is 197 Å². The average molecular weight is 499 g/mol. The van der Waals surface area contributed by atoms with E-state index in [4.69, 9.17) is 27.9 Å². The number of ether oxygens (including phenoxy) is 1. The Morgan fingerprint density at radius 1 is 1.12 bits per heavy atom. The number of benzene rings is 2. The Hall–Kier alpha value is -2.13. The molecule has 0 aliphatic carbocycles. The Bertz CT molecular complexity index is 1100. The van der Waals surface area contributed by atoms with Crippen LogP contribution in [0.5, 0.6) is 0 Å². The highest BCUT2D eigenvalue weighted by Crippen LogP contribution is 2.27. The second-order valence-electron chi connectivity index (χ2n) is 7.46. The number of sulfonamides is 1. The molecular formula is C22H24Cl2N2O5S. The molecule has 2 aromatic rings. The zero-order valence-electron chi connectivity index (χ0n) is 17.5. The fraction of sp³-hybridized carbons (Fsp3) is 0.364. The van der Waals surface area contributed by atoms with E-state index in [0.717, 1.165) is 0 Å². The number of esters is 1. The molecule has 0 aromatic heterocycles. The van der Waals surface area contributed by atoms with Gasteiger partial charge in [0.2, 0.25) is 15.9 Å². The van der Waals surface area contributed by atoms with Gasteiger partial charge in [0.1, 0.15) is 0 Å². The lowest BCUT2D eigenvalue weighted by atomic mass is 9.97. The molecular weight excluding hydrogens is 475 g/mol. The van der Waals surface area contributed by atoms with E-state index in [1.807, 2.05) is 0 Å². The predicted molar refractivity (Wildman–Crippen MR) is 124 cm³/mol. The Balaban J connectivity index is 1.57. The molecule has 1 N–H and O–H groups in total. The Morgan fingerprint density at radius 2 is 1.84 bits per heavy atom. The van der Waals surface area contributed by atoms with E-state index in [-0.39, 0.29) is 42.3 Å². The van der Waals surface area contributed by atoms with Crippen molar-refractivity contribution in [3.63, 3.8) is 0 Å². The van der Waals surface area contributed by atoms with Crippen LogP contribution in [-0.2, 0) is 25.3 Å². The van der Waals surface area contributed by atoms with Crippen molar-refractivity contribution in [2.45, 2.75) is 25.5 Å². The molecule has 172 valence electrons. The largest absolute Gasteiger partial charge is 0.462 e. The Kier molecular flexibility index (Phi) is 8.16. The number of carbonyl (C=O) groups is 2. The lowest BCUT2D eigenvalue weighted by Gasteiger charge is -2.30. The van der Waals surface area contributed by atoms with Crippen molar-refractivity contribution in [3.05, 3.63) is 63.6 Å². The van der Waals surface area contributed by atoms with Crippen molar-refractivity contribution in [2.24, 2.45) is 5.92 Å². The van der Waals surface area contributed by atoms with Crippen molar-refractivity contribution in [3.8, 4) is 0 Å². The fourth-order valence-corrected chi connectivity index (χ4v) is 5.51. The van der Waals surface area contributed by atoms with Crippen molar-refractivity contribution < 1.29 is 22.7 Å². The number of anilines is 1. The summed E-state index contributed by atoms with van der Waals surface area (Å²) in [5.74, 6) is -1.19. The van der Waals surface area contributed by atoms with Gasteiger partial charge in [0.15, 0.2) is 0 Å². The summed E-state index contributed by atoms with van der Waals surface area (Å²) < 4.78 is 31.8. The van der Waals surface area contributed by atoms with Gasteiger partial charge >= 0.3 is 5.97 Å². The van der Waals surface area contributed by atoms with Crippen LogP contribution in [-0.4, -0.2) is 44.3 Å². The van der Waals surface area contributed by atoms with Crippen LogP contribution in [0.3, 0.4) is 0 Å². The monoisotopic (exact) mass is 498 g/mol. The fourth-order valence-electron chi connectivity index (χ4n) is 3.52. The van der Waals surface area contributed by atoms with E-state index in [9.17, 15) is 18.0 Å². The van der Waals surface area contributed by atoms with E-state index < -0.39 is 16.0 Å². The van der Waals surface area contributed by atoms with Crippen LogP contribution in [0.4, 0.5) is 5.69 Å². The minimum atomic E-state index is -3.51. The first-order valence-corrected chi connectivity index (χ1v) is 12.6. The maximum Gasteiger partial charge on any atom is 0.338 e. The summed E-state index contributed by atoms with van der Waals surface area (Å²) in [6.45, 7) is 2.48. The van der Waals surface area contributed by atoms with Gasteiger partial charge < -0.3 is 10.1 Å². The molecule has 3 rings (SSSR count). The number of halogens is 2. The molecule has 0 saturated carbocycles. The van der Waals surface area contributed by atoms with Crippen LogP contribution >= 0.6 is 23.2 Å². The van der Waals surface area contributed by atoms with Crippen LogP contribution in [0.2, 0.25) is 10.0 Å². The SMILES string of the molecule is CCOC(=O)c1ccc(NC(=O)C2CCN(S(=O)(=O)Cc3cccc(Cl)c3)CC2)c(Cl)c1. The quantitative estimate of drug-likeness (QED) is 0.572. The van der Waals surface area contributed by atoms with Crippen LogP contribution in [0.25, 0.3) is 0 Å². The smallest absolute Gasteiger partial charge is 0.338 e. The summed E-state index contributed by atoms with van der Waals surface area (Å²) in [5, 5.41) is 3.49. The maximum absolute atomic E-state index is 12.7. The lowest BCUT2D eigenvalue weighted by molar-refractivity contribution is -0.120. The normalized spacial score (nSPS) is 15.3. The van der Waals surface area contributed by atoms with E-state index in [1.54, 1.807) is 37.3 Å². The molecule has 0 unspecified atom stereocenters. The summed E-state index contributed by atoms with van der Waals surface area (Å²) in [6.07, 6.45) is 0.804. The van der Waals surface area contributed by atoms with Crippen molar-refractivity contribution >= 4 is 50.8 Å². The number of carbonyl (C=O) groups excluding carboxylic acids is 2. The minimum absolute atomic E-state index is 0.132. The second-order valence-corrected chi connectivity index (χ2v) is 10.3. The number of nitrogens with one attached hydrogen (secondary N) is 1. The van der Waals surface area contributed by atoms with Crippen LogP contribution in [0.15, 0.2) is 42.5 Å². The number of hydrogen-bond acceptors (Lipinski definition) is 5. The third-order valence-electron chi connectivity index (χ3n) is 5.19. The molecule has 1 heterocycles. The van der Waals surface area contributed by atoms with E-state index in [2.05, 4.69) is 5.32 Å². The molecule has 0 bridgehead atoms. The molecule has 1 aliphatic heterocycles. The van der Waals surface area contributed by atoms with Gasteiger partial charge in [0.25, 0.3) is 0 Å². The van der Waals surface area contributed by atoms with Crippen LogP contribution in [0.1, 0.15) is 35.7 Å². The molecule has 2 aromatic carbocycles. The molecule has 10 heteroatoms. The van der Waals surface area contributed by atoms with Crippen LogP contribution < -0.4 is 5.32 Å². The van der Waals surface area contributed by atoms with Gasteiger partial charge in [0, 0.05) is 24.0 Å². The van der Waals surface area contributed by atoms with E-state index in [0.29, 0.717) is 34.7 Å². The van der Waals surface area contributed by atoms with Gasteiger partial charge in [-0.3, -0.25) is 4.79 Å². The van der Waals surface area contributed by atoms with Gasteiger partial charge in [-0.25, -0.2) is 17.5 Å². The highest BCUT2D eigenvalue weighted by atomic mass is 35.5. The third-order valence-corrected chi connectivity index (χ3v) is 7.59. The second kappa shape index (κ2) is 10.7. The number of rotatable bonds is 7. The van der Waals surface area contributed by atoms with E-state index >= 15 is 0 Å². The standard InChI is InChI=1S/C22H24Cl2N2O5S/c1-2-31-22(28)17-6-7-20(19(24)13-17)25-21(27)16-8-10-26(11-9-16)32(29,30)14-15-4-3-5-18(23)12-15/h3-7,12-13,16H,2,8-11,14H2,1H3,(H,25,27). The number of nitrogens with zero attached hydrogens (tertiary/aromatic N) is 1. The van der Waals surface area contributed by atoms with Gasteiger partial charge in [0.05, 0.1) is 28.6 Å². The first-order chi connectivity index (χ1) is 15.2. The molecule has 1 saturated heterocycles. The van der Waals surface area contributed by atoms with Crippen molar-refractivity contribution in [1.82, 2.24) is 4.31 Å². The summed E-state index contributed by atoms with van der Waals surface area (Å²) in [5.41, 5.74) is 1.31. The third kappa shape index (κ3) is 6.22. The summed E-state index contributed by atoms with van der Waals surface area (Å²) >= 11 is 12.2. The molecule has 0 atom stereocenters. The molecule has 7 nitrogen and oxygen atoms in total. The minimum Gasteiger partial charge on any atom is -0.462 e. The van der Waals surface area contributed by atoms with Gasteiger partial charge in [-0.15, -0.1) is 0 Å². The molecule has 0 spiro atoms. The van der Waals surface area contributed by atoms with Gasteiger partial charge in [-0.2, -0.15) is 0 Å². The number of amides is 1. The molecule has 0 radical (unpaired) electrons. The zero-order chi connectivity index (χ0) is 23.3. The van der Waals surface area contributed by atoms with Gasteiger partial charge in [-0.1, -0.05) is 35.3 Å². The Morgan fingerprint density at radius 3 is 2.47 bits per heavy atom. The number of hydrogen-bond donors (Lipinski definition) is 1. The first-order valence-electron chi connectivity index (χ1n) is 10.2. The summed E-state index contributed by atoms with van der Waals surface area (Å²) in [6, 6.07) is 11.3. The molecule has 1 aliphatic rings. The summed E-state index contributed by atoms with van der Waals surface area (Å²) in [7, 11) is -3.51. The van der Waals surface area contributed by atoms with Gasteiger partial charge in [-0.05, 0) is 55.7 Å². The highest BCUT2D eigenvalue weighted by Gasteiger charge is 2.31. The molecule has 1 amide bonds. The predicted octanol–water partition coefficient (Wildman–Crippen LogP) is 4.35. The first kappa shape index (κ1) is 24.5. The number of piperidine rings is 1. The van der Waals surface area contributed by atoms with Crippen molar-refractivity contribution in [2.75, 3.05) is 25.0 Å². The lowest BCUT2D eigenvalue weighted by Crippen LogP contribution is -2.41. The van der Waals surface area contributed by atoms with Crippen molar-refractivity contribution in [1.29, 1.82) is 0 Å². The molecule has 1 fully saturated rings. The topological polar surface area (TPSA) is 92.8 Å². The maximum atomic E-state index is 12.7. The molecule has 32 heavy (non-hydrogen) atoms. The van der Waals surface area contributed by atoms with Crippen LogP contribution in [0, 0.1) is 5.92 Å². The van der Waals surface area contributed by atoms with E-state index in [1.165, 1.54) is 16.4 Å². The summed E-state index contributed by atoms with van der Waals surface area (Å²) in [4.78, 5) is 24.5. The average Bonchev–Trinajstić information content (AvgIpc) is 2.75. The zero-order valence-corrected chi connectivity index (χ0v) is 19.8. The highest BCUT2D eigenvalue weighted by molar-refractivity contribution is 7.88.